The third kappa shape index (κ3) is 3.97. The van der Waals surface area contributed by atoms with Gasteiger partial charge in [-0.1, -0.05) is 37.6 Å². The summed E-state index contributed by atoms with van der Waals surface area (Å²) in [5, 5.41) is 0. The van der Waals surface area contributed by atoms with Crippen molar-refractivity contribution in [1.82, 2.24) is 0 Å². The maximum absolute atomic E-state index is 3.39. The van der Waals surface area contributed by atoms with Crippen LogP contribution >= 0.6 is 31.9 Å². The standard InChI is InChI=1S/C12H14Br2/c1-2-3-6-10-7-4-5-8-11(10)9-12(13)14/h4-5,7-9H,2-3,6H2,1H3. The molecule has 0 atom stereocenters. The van der Waals surface area contributed by atoms with Gasteiger partial charge in [0.2, 0.25) is 0 Å². The molecule has 0 aromatic heterocycles. The Morgan fingerprint density at radius 2 is 2.00 bits per heavy atom. The van der Waals surface area contributed by atoms with Gasteiger partial charge in [-0.3, -0.25) is 0 Å². The van der Waals surface area contributed by atoms with Gasteiger partial charge in [-0.05, 0) is 61.9 Å². The minimum absolute atomic E-state index is 0.994. The molecule has 0 spiro atoms. The Kier molecular flexibility index (Phi) is 5.49. The molecule has 0 N–H and O–H groups in total. The number of unbranched alkanes of at least 4 members (excludes halogenated alkanes) is 1. The highest BCUT2D eigenvalue weighted by Gasteiger charge is 1.98. The van der Waals surface area contributed by atoms with Crippen molar-refractivity contribution in [2.45, 2.75) is 26.2 Å². The Morgan fingerprint density at radius 1 is 1.29 bits per heavy atom. The first-order chi connectivity index (χ1) is 6.74. The molecule has 0 radical (unpaired) electrons. The van der Waals surface area contributed by atoms with Crippen LogP contribution in [-0.4, -0.2) is 0 Å². The zero-order valence-electron chi connectivity index (χ0n) is 8.26. The zero-order chi connectivity index (χ0) is 10.4. The highest BCUT2D eigenvalue weighted by Crippen LogP contribution is 2.21. The van der Waals surface area contributed by atoms with Crippen LogP contribution in [0.3, 0.4) is 0 Å². The predicted molar refractivity (Wildman–Crippen MR) is 70.9 cm³/mol. The lowest BCUT2D eigenvalue weighted by molar-refractivity contribution is 0.794. The van der Waals surface area contributed by atoms with E-state index in [0.717, 1.165) is 9.81 Å². The largest absolute Gasteiger partial charge is 0.0654 e. The number of benzene rings is 1. The van der Waals surface area contributed by atoms with E-state index in [-0.39, 0.29) is 0 Å². The van der Waals surface area contributed by atoms with Crippen LogP contribution in [-0.2, 0) is 6.42 Å². The van der Waals surface area contributed by atoms with Gasteiger partial charge in [-0.2, -0.15) is 0 Å². The van der Waals surface area contributed by atoms with Crippen molar-refractivity contribution in [1.29, 1.82) is 0 Å². The van der Waals surface area contributed by atoms with Crippen molar-refractivity contribution < 1.29 is 0 Å². The van der Waals surface area contributed by atoms with Crippen LogP contribution in [0.1, 0.15) is 30.9 Å². The Bertz CT molecular complexity index is 312. The third-order valence-electron chi connectivity index (χ3n) is 2.12. The van der Waals surface area contributed by atoms with Crippen LogP contribution in [0.5, 0.6) is 0 Å². The second-order valence-corrected chi connectivity index (χ2v) is 6.01. The Balaban J connectivity index is 2.86. The van der Waals surface area contributed by atoms with E-state index in [0.29, 0.717) is 0 Å². The second-order valence-electron chi connectivity index (χ2n) is 3.24. The van der Waals surface area contributed by atoms with Crippen molar-refractivity contribution in [3.63, 3.8) is 0 Å². The van der Waals surface area contributed by atoms with Gasteiger partial charge in [-0.15, -0.1) is 0 Å². The van der Waals surface area contributed by atoms with E-state index in [1.807, 2.05) is 0 Å². The molecule has 0 fully saturated rings. The van der Waals surface area contributed by atoms with Crippen LogP contribution in [0.4, 0.5) is 0 Å². The summed E-state index contributed by atoms with van der Waals surface area (Å²) in [6.07, 6.45) is 5.76. The molecule has 0 nitrogen and oxygen atoms in total. The molecule has 76 valence electrons. The maximum atomic E-state index is 3.39. The molecule has 0 saturated carbocycles. The van der Waals surface area contributed by atoms with E-state index in [9.17, 15) is 0 Å². The minimum Gasteiger partial charge on any atom is -0.0654 e. The lowest BCUT2D eigenvalue weighted by Gasteiger charge is -2.04. The summed E-state index contributed by atoms with van der Waals surface area (Å²) in [7, 11) is 0. The molecule has 0 aliphatic rings. The quantitative estimate of drug-likeness (QED) is 0.723. The normalized spacial score (nSPS) is 9.93. The first-order valence-corrected chi connectivity index (χ1v) is 6.43. The predicted octanol–water partition coefficient (Wildman–Crippen LogP) is 5.12. The van der Waals surface area contributed by atoms with Gasteiger partial charge in [0, 0.05) is 0 Å². The molecule has 0 bridgehead atoms. The topological polar surface area (TPSA) is 0 Å². The van der Waals surface area contributed by atoms with Crippen LogP contribution in [0, 0.1) is 0 Å². The first kappa shape index (κ1) is 12.0. The molecule has 2 heteroatoms. The zero-order valence-corrected chi connectivity index (χ0v) is 11.4. The van der Waals surface area contributed by atoms with E-state index in [2.05, 4.69) is 69.1 Å². The van der Waals surface area contributed by atoms with Crippen LogP contribution < -0.4 is 0 Å². The van der Waals surface area contributed by atoms with E-state index >= 15 is 0 Å². The van der Waals surface area contributed by atoms with Crippen molar-refractivity contribution >= 4 is 37.9 Å². The van der Waals surface area contributed by atoms with Crippen LogP contribution in [0.2, 0.25) is 0 Å². The second kappa shape index (κ2) is 6.41. The molecular formula is C12H14Br2. The summed E-state index contributed by atoms with van der Waals surface area (Å²) in [6, 6.07) is 8.52. The van der Waals surface area contributed by atoms with Gasteiger partial charge in [0.05, 0.1) is 3.39 Å². The van der Waals surface area contributed by atoms with Gasteiger partial charge in [-0.25, -0.2) is 0 Å². The number of hydrogen-bond acceptors (Lipinski definition) is 0. The minimum atomic E-state index is 0.994. The molecule has 1 aromatic carbocycles. The Morgan fingerprint density at radius 3 is 2.64 bits per heavy atom. The number of rotatable bonds is 4. The van der Waals surface area contributed by atoms with Crippen molar-refractivity contribution in [3.05, 3.63) is 38.8 Å². The third-order valence-corrected chi connectivity index (χ3v) is 2.58. The Labute approximate surface area is 103 Å². The van der Waals surface area contributed by atoms with E-state index in [1.165, 1.54) is 24.0 Å². The highest BCUT2D eigenvalue weighted by atomic mass is 79.9. The number of aryl methyl sites for hydroxylation is 1. The lowest BCUT2D eigenvalue weighted by Crippen LogP contribution is -1.88. The summed E-state index contributed by atoms with van der Waals surface area (Å²) in [5.74, 6) is 0. The smallest absolute Gasteiger partial charge is 0.0610 e. The van der Waals surface area contributed by atoms with E-state index in [4.69, 9.17) is 0 Å². The summed E-state index contributed by atoms with van der Waals surface area (Å²) >= 11 is 6.78. The van der Waals surface area contributed by atoms with Gasteiger partial charge < -0.3 is 0 Å². The van der Waals surface area contributed by atoms with Crippen molar-refractivity contribution in [2.75, 3.05) is 0 Å². The van der Waals surface area contributed by atoms with Gasteiger partial charge in [0.1, 0.15) is 0 Å². The monoisotopic (exact) mass is 316 g/mol. The molecule has 0 saturated heterocycles. The van der Waals surface area contributed by atoms with Gasteiger partial charge in [0.15, 0.2) is 0 Å². The lowest BCUT2D eigenvalue weighted by atomic mass is 10.0. The van der Waals surface area contributed by atoms with E-state index < -0.39 is 0 Å². The molecule has 0 unspecified atom stereocenters. The van der Waals surface area contributed by atoms with Crippen molar-refractivity contribution in [3.8, 4) is 0 Å². The van der Waals surface area contributed by atoms with Crippen LogP contribution in [0.25, 0.3) is 6.08 Å². The van der Waals surface area contributed by atoms with Gasteiger partial charge >= 0.3 is 0 Å². The van der Waals surface area contributed by atoms with Crippen LogP contribution in [0.15, 0.2) is 27.7 Å². The van der Waals surface area contributed by atoms with E-state index in [1.54, 1.807) is 0 Å². The van der Waals surface area contributed by atoms with Crippen molar-refractivity contribution in [2.24, 2.45) is 0 Å². The molecule has 0 aliphatic heterocycles. The average Bonchev–Trinajstić information content (AvgIpc) is 2.16. The molecule has 0 amide bonds. The van der Waals surface area contributed by atoms with Gasteiger partial charge in [0.25, 0.3) is 0 Å². The fourth-order valence-corrected chi connectivity index (χ4v) is 1.88. The summed E-state index contributed by atoms with van der Waals surface area (Å²) in [4.78, 5) is 0. The Hall–Kier alpha value is -0.0800. The maximum Gasteiger partial charge on any atom is 0.0610 e. The molecule has 14 heavy (non-hydrogen) atoms. The SMILES string of the molecule is CCCCc1ccccc1C=C(Br)Br. The molecule has 1 aromatic rings. The number of hydrogen-bond donors (Lipinski definition) is 0. The molecule has 0 aliphatic carbocycles. The fourth-order valence-electron chi connectivity index (χ4n) is 1.39. The number of halogens is 2. The fraction of sp³-hybridized carbons (Fsp3) is 0.333. The average molecular weight is 318 g/mol. The summed E-state index contributed by atoms with van der Waals surface area (Å²) in [5.41, 5.74) is 2.72. The molecule has 0 heterocycles. The summed E-state index contributed by atoms with van der Waals surface area (Å²) < 4.78 is 0.994. The first-order valence-electron chi connectivity index (χ1n) is 4.84. The molecule has 1 rings (SSSR count). The summed E-state index contributed by atoms with van der Waals surface area (Å²) in [6.45, 7) is 2.22. The highest BCUT2D eigenvalue weighted by molar-refractivity contribution is 9.28. The molecular weight excluding hydrogens is 304 g/mol.